The molecule has 4 heteroatoms. The third-order valence-electron chi connectivity index (χ3n) is 4.93. The molecule has 0 fully saturated rings. The van der Waals surface area contributed by atoms with Gasteiger partial charge in [0.2, 0.25) is 0 Å². The molecule has 27 heavy (non-hydrogen) atoms. The van der Waals surface area contributed by atoms with Gasteiger partial charge >= 0.3 is 5.97 Å². The number of hydrogen-bond acceptors (Lipinski definition) is 4. The molecule has 3 rings (SSSR count). The van der Waals surface area contributed by atoms with E-state index in [-0.39, 0.29) is 18.3 Å². The van der Waals surface area contributed by atoms with Gasteiger partial charge in [0, 0.05) is 11.5 Å². The topological polar surface area (TPSA) is 52.6 Å². The predicted octanol–water partition coefficient (Wildman–Crippen LogP) is 4.32. The largest absolute Gasteiger partial charge is 0.496 e. The number of methoxy groups -OCH3 is 1. The highest BCUT2D eigenvalue weighted by atomic mass is 16.5. The number of aryl methyl sites for hydroxylation is 1. The van der Waals surface area contributed by atoms with Crippen LogP contribution in [0.25, 0.3) is 5.57 Å². The van der Waals surface area contributed by atoms with E-state index >= 15 is 0 Å². The average molecular weight is 364 g/mol. The summed E-state index contributed by atoms with van der Waals surface area (Å²) in [6, 6.07) is 15.6. The number of rotatable bonds is 5. The molecule has 0 aliphatic heterocycles. The van der Waals surface area contributed by atoms with E-state index in [1.54, 1.807) is 20.1 Å². The normalized spacial score (nSPS) is 19.4. The fourth-order valence-corrected chi connectivity index (χ4v) is 3.69. The van der Waals surface area contributed by atoms with Gasteiger partial charge in [-0.3, -0.25) is 9.59 Å². The van der Waals surface area contributed by atoms with Crippen molar-refractivity contribution in [2.75, 3.05) is 13.7 Å². The van der Waals surface area contributed by atoms with Gasteiger partial charge in [-0.25, -0.2) is 0 Å². The molecule has 140 valence electrons. The predicted molar refractivity (Wildman–Crippen MR) is 105 cm³/mol. The van der Waals surface area contributed by atoms with Crippen LogP contribution in [-0.2, 0) is 14.3 Å². The Morgan fingerprint density at radius 2 is 1.93 bits per heavy atom. The number of allylic oxidation sites excluding steroid dienone is 2. The summed E-state index contributed by atoms with van der Waals surface area (Å²) in [6.07, 6.45) is 2.14. The van der Waals surface area contributed by atoms with Crippen LogP contribution < -0.4 is 4.74 Å². The molecule has 1 aliphatic carbocycles. The number of hydrogen-bond donors (Lipinski definition) is 0. The lowest BCUT2D eigenvalue weighted by molar-refractivity contribution is -0.151. The fourth-order valence-electron chi connectivity index (χ4n) is 3.69. The summed E-state index contributed by atoms with van der Waals surface area (Å²) in [6.45, 7) is 4.01. The molecule has 0 saturated carbocycles. The number of carbonyl (C=O) groups excluding carboxylic acids is 2. The maximum atomic E-state index is 12.9. The molecule has 0 bridgehead atoms. The van der Waals surface area contributed by atoms with Gasteiger partial charge in [-0.2, -0.15) is 0 Å². The Kier molecular flexibility index (Phi) is 5.75. The van der Waals surface area contributed by atoms with Gasteiger partial charge in [-0.1, -0.05) is 48.0 Å². The molecular formula is C23H24O4. The Morgan fingerprint density at radius 1 is 1.15 bits per heavy atom. The molecule has 0 spiro atoms. The van der Waals surface area contributed by atoms with Gasteiger partial charge in [0.1, 0.15) is 11.7 Å². The third-order valence-corrected chi connectivity index (χ3v) is 4.93. The summed E-state index contributed by atoms with van der Waals surface area (Å²) in [5.41, 5.74) is 3.83. The second-order valence-corrected chi connectivity index (χ2v) is 6.73. The average Bonchev–Trinajstić information content (AvgIpc) is 2.67. The quantitative estimate of drug-likeness (QED) is 0.586. The van der Waals surface area contributed by atoms with Gasteiger partial charge in [0.15, 0.2) is 5.78 Å². The van der Waals surface area contributed by atoms with Crippen molar-refractivity contribution in [1.82, 2.24) is 0 Å². The molecule has 0 heterocycles. The molecule has 4 nitrogen and oxygen atoms in total. The Hall–Kier alpha value is -2.88. The Morgan fingerprint density at radius 3 is 2.63 bits per heavy atom. The molecule has 0 aromatic heterocycles. The van der Waals surface area contributed by atoms with E-state index in [2.05, 4.69) is 0 Å². The number of esters is 1. The van der Waals surface area contributed by atoms with Gasteiger partial charge in [-0.15, -0.1) is 0 Å². The van der Waals surface area contributed by atoms with E-state index in [1.165, 1.54) is 0 Å². The van der Waals surface area contributed by atoms with Crippen molar-refractivity contribution in [3.63, 3.8) is 0 Å². The van der Waals surface area contributed by atoms with Crippen LogP contribution in [0.2, 0.25) is 0 Å². The van der Waals surface area contributed by atoms with Crippen LogP contribution in [0, 0.1) is 12.8 Å². The number of ether oxygens (including phenoxy) is 2. The second-order valence-electron chi connectivity index (χ2n) is 6.73. The highest BCUT2D eigenvalue weighted by molar-refractivity contribution is 6.11. The molecule has 0 radical (unpaired) electrons. The van der Waals surface area contributed by atoms with Crippen molar-refractivity contribution in [3.05, 3.63) is 71.3 Å². The number of carbonyl (C=O) groups is 2. The summed E-state index contributed by atoms with van der Waals surface area (Å²) < 4.78 is 10.7. The minimum atomic E-state index is -0.815. The van der Waals surface area contributed by atoms with E-state index in [1.807, 2.05) is 55.5 Å². The molecule has 0 unspecified atom stereocenters. The lowest BCUT2D eigenvalue weighted by Gasteiger charge is -2.30. The van der Waals surface area contributed by atoms with Crippen molar-refractivity contribution in [1.29, 1.82) is 0 Å². The highest BCUT2D eigenvalue weighted by Gasteiger charge is 2.40. The van der Waals surface area contributed by atoms with Crippen LogP contribution in [-0.4, -0.2) is 25.5 Å². The minimum absolute atomic E-state index is 0.216. The highest BCUT2D eigenvalue weighted by Crippen LogP contribution is 2.42. The fraction of sp³-hybridized carbons (Fsp3) is 0.304. The van der Waals surface area contributed by atoms with E-state index in [9.17, 15) is 9.59 Å². The SMILES string of the molecule is CCOC(=O)[C@@H]1C(=O)C=C(c2ccccc2OC)C[C@@H]1c1cccc(C)c1. The van der Waals surface area contributed by atoms with Crippen molar-refractivity contribution in [3.8, 4) is 5.75 Å². The Bertz CT molecular complexity index is 881. The molecule has 0 saturated heterocycles. The van der Waals surface area contributed by atoms with E-state index in [0.717, 1.165) is 22.3 Å². The third kappa shape index (κ3) is 3.95. The maximum Gasteiger partial charge on any atom is 0.317 e. The lowest BCUT2D eigenvalue weighted by atomic mass is 9.73. The van der Waals surface area contributed by atoms with Crippen LogP contribution in [0.1, 0.15) is 36.0 Å². The van der Waals surface area contributed by atoms with Gasteiger partial charge in [-0.05, 0) is 43.5 Å². The van der Waals surface area contributed by atoms with Gasteiger partial charge in [0.05, 0.1) is 13.7 Å². The maximum absolute atomic E-state index is 12.9. The number of benzene rings is 2. The molecular weight excluding hydrogens is 340 g/mol. The minimum Gasteiger partial charge on any atom is -0.496 e. The van der Waals surface area contributed by atoms with E-state index in [4.69, 9.17) is 9.47 Å². The van der Waals surface area contributed by atoms with Crippen molar-refractivity contribution >= 4 is 17.3 Å². The molecule has 0 amide bonds. The molecule has 2 atom stereocenters. The van der Waals surface area contributed by atoms with Crippen LogP contribution in [0.15, 0.2) is 54.6 Å². The van der Waals surface area contributed by atoms with E-state index in [0.29, 0.717) is 12.2 Å². The van der Waals surface area contributed by atoms with Crippen molar-refractivity contribution in [2.45, 2.75) is 26.2 Å². The van der Waals surface area contributed by atoms with Crippen LogP contribution in [0.4, 0.5) is 0 Å². The Balaban J connectivity index is 2.07. The standard InChI is InChI=1S/C23H24O4/c1-4-27-23(25)22-19(16-9-7-8-15(2)12-16)13-17(14-20(22)24)18-10-5-6-11-21(18)26-3/h5-12,14,19,22H,4,13H2,1-3H3/t19-,22+/m1/s1. The van der Waals surface area contributed by atoms with Crippen molar-refractivity contribution < 1.29 is 19.1 Å². The first kappa shape index (κ1) is 18.9. The number of para-hydroxylation sites is 1. The number of ketones is 1. The van der Waals surface area contributed by atoms with Crippen LogP contribution in [0.3, 0.4) is 0 Å². The molecule has 2 aromatic carbocycles. The van der Waals surface area contributed by atoms with E-state index < -0.39 is 11.9 Å². The van der Waals surface area contributed by atoms with Crippen LogP contribution >= 0.6 is 0 Å². The molecule has 0 N–H and O–H groups in total. The summed E-state index contributed by atoms with van der Waals surface area (Å²) >= 11 is 0. The molecule has 2 aromatic rings. The summed E-state index contributed by atoms with van der Waals surface area (Å²) in [7, 11) is 1.61. The molecule has 1 aliphatic rings. The van der Waals surface area contributed by atoms with Gasteiger partial charge < -0.3 is 9.47 Å². The van der Waals surface area contributed by atoms with Crippen LogP contribution in [0.5, 0.6) is 5.75 Å². The monoisotopic (exact) mass is 364 g/mol. The Labute approximate surface area is 159 Å². The lowest BCUT2D eigenvalue weighted by Crippen LogP contribution is -2.34. The first-order valence-corrected chi connectivity index (χ1v) is 9.16. The van der Waals surface area contributed by atoms with Gasteiger partial charge in [0.25, 0.3) is 0 Å². The second kappa shape index (κ2) is 8.21. The summed E-state index contributed by atoms with van der Waals surface area (Å²) in [5.74, 6) is -1.03. The summed E-state index contributed by atoms with van der Waals surface area (Å²) in [5, 5.41) is 0. The summed E-state index contributed by atoms with van der Waals surface area (Å²) in [4.78, 5) is 25.5. The van der Waals surface area contributed by atoms with Crippen molar-refractivity contribution in [2.24, 2.45) is 5.92 Å². The first-order valence-electron chi connectivity index (χ1n) is 9.16. The zero-order chi connectivity index (χ0) is 19.4. The zero-order valence-corrected chi connectivity index (χ0v) is 15.9. The zero-order valence-electron chi connectivity index (χ0n) is 15.9. The first-order chi connectivity index (χ1) is 13.0. The smallest absolute Gasteiger partial charge is 0.317 e.